The average molecular weight is 490 g/mol. The van der Waals surface area contributed by atoms with Crippen LogP contribution in [-0.4, -0.2) is 18.0 Å². The number of fused-ring (bicyclic) bond motifs is 2. The molecule has 2 aromatic rings. The quantitative estimate of drug-likeness (QED) is 0.511. The number of pyridine rings is 1. The van der Waals surface area contributed by atoms with E-state index in [0.29, 0.717) is 0 Å². The van der Waals surface area contributed by atoms with E-state index in [1.807, 2.05) is 30.5 Å². The van der Waals surface area contributed by atoms with Gasteiger partial charge in [0.05, 0.1) is 18.3 Å². The summed E-state index contributed by atoms with van der Waals surface area (Å²) in [5, 5.41) is 9.70. The second kappa shape index (κ2) is 6.08. The van der Waals surface area contributed by atoms with Crippen molar-refractivity contribution >= 4 is 57.4 Å². The molecule has 0 saturated carbocycles. The first-order chi connectivity index (χ1) is 9.72. The highest BCUT2D eigenvalue weighted by molar-refractivity contribution is 14.2. The Morgan fingerprint density at radius 3 is 2.70 bits per heavy atom. The van der Waals surface area contributed by atoms with Crippen molar-refractivity contribution in [1.29, 1.82) is 0 Å². The van der Waals surface area contributed by atoms with E-state index >= 15 is 0 Å². The summed E-state index contributed by atoms with van der Waals surface area (Å²) < 4.78 is 2.11. The Balaban J connectivity index is 2.32. The minimum Gasteiger partial charge on any atom is -0.392 e. The van der Waals surface area contributed by atoms with Crippen molar-refractivity contribution in [2.45, 2.75) is 6.04 Å². The molecule has 0 radical (unpaired) electrons. The predicted octanol–water partition coefficient (Wildman–Crippen LogP) is 4.02. The van der Waals surface area contributed by atoms with E-state index in [0.717, 1.165) is 22.4 Å². The van der Waals surface area contributed by atoms with Crippen LogP contribution in [0.2, 0.25) is 0 Å². The van der Waals surface area contributed by atoms with Gasteiger partial charge in [-0.3, -0.25) is 4.98 Å². The Morgan fingerprint density at radius 1 is 1.15 bits per heavy atom. The number of benzene rings is 1. The van der Waals surface area contributed by atoms with Gasteiger partial charge < -0.3 is 5.11 Å². The van der Waals surface area contributed by atoms with Crippen LogP contribution in [0.4, 0.5) is 0 Å². The van der Waals surface area contributed by atoms with Gasteiger partial charge in [0.15, 0.2) is 0 Å². The summed E-state index contributed by atoms with van der Waals surface area (Å²) in [6.45, 7) is 0.0161. The van der Waals surface area contributed by atoms with Gasteiger partial charge in [-0.05, 0) is 28.8 Å². The first-order valence-electron chi connectivity index (χ1n) is 6.19. The van der Waals surface area contributed by atoms with Crippen LogP contribution >= 0.6 is 45.7 Å². The molecule has 1 atom stereocenters. The standard InChI is InChI=1S/C15H12I2N2O/c16-19(17)15-13-5-2-1-4-10(13)8-11(9-20)12-6-3-7-18-14(12)15/h1-8,15,20H,9H2. The fraction of sp³-hybridized carbons (Fsp3) is 0.133. The second-order valence-electron chi connectivity index (χ2n) is 4.55. The summed E-state index contributed by atoms with van der Waals surface area (Å²) >= 11 is 4.57. The van der Waals surface area contributed by atoms with Gasteiger partial charge in [0.1, 0.15) is 0 Å². The predicted molar refractivity (Wildman–Crippen MR) is 97.4 cm³/mol. The molecule has 0 amide bonds. The Labute approximate surface area is 145 Å². The van der Waals surface area contributed by atoms with Crippen molar-refractivity contribution in [3.8, 4) is 0 Å². The van der Waals surface area contributed by atoms with Gasteiger partial charge >= 0.3 is 0 Å². The summed E-state index contributed by atoms with van der Waals surface area (Å²) in [5.74, 6) is 0. The molecule has 0 fully saturated rings. The lowest BCUT2D eigenvalue weighted by atomic mass is 9.98. The molecule has 20 heavy (non-hydrogen) atoms. The van der Waals surface area contributed by atoms with Gasteiger partial charge in [-0.1, -0.05) is 30.3 Å². The monoisotopic (exact) mass is 490 g/mol. The normalized spacial score (nSPS) is 17.2. The Morgan fingerprint density at radius 2 is 1.95 bits per heavy atom. The van der Waals surface area contributed by atoms with Crippen molar-refractivity contribution in [2.75, 3.05) is 6.61 Å². The SMILES string of the molecule is OCC1=Cc2ccccc2C(N(I)I)c2ncccc21. The maximum Gasteiger partial charge on any atom is 0.0980 e. The van der Waals surface area contributed by atoms with Crippen molar-refractivity contribution < 1.29 is 5.11 Å². The molecule has 1 unspecified atom stereocenters. The van der Waals surface area contributed by atoms with Crippen LogP contribution in [0.5, 0.6) is 0 Å². The van der Waals surface area contributed by atoms with Crippen LogP contribution in [0.1, 0.15) is 28.4 Å². The summed E-state index contributed by atoms with van der Waals surface area (Å²) in [4.78, 5) is 4.58. The van der Waals surface area contributed by atoms with Crippen LogP contribution in [0.3, 0.4) is 0 Å². The third-order valence-electron chi connectivity index (χ3n) is 3.43. The minimum atomic E-state index is 0.0161. The molecule has 0 spiro atoms. The highest BCUT2D eigenvalue weighted by Crippen LogP contribution is 2.41. The van der Waals surface area contributed by atoms with Crippen LogP contribution in [0.25, 0.3) is 11.6 Å². The van der Waals surface area contributed by atoms with E-state index < -0.39 is 0 Å². The highest BCUT2D eigenvalue weighted by Gasteiger charge is 2.28. The lowest BCUT2D eigenvalue weighted by molar-refractivity contribution is 0.350. The number of aromatic nitrogens is 1. The molecule has 1 aliphatic carbocycles. The maximum absolute atomic E-state index is 9.70. The molecule has 1 heterocycles. The van der Waals surface area contributed by atoms with Crippen LogP contribution < -0.4 is 0 Å². The van der Waals surface area contributed by atoms with Crippen LogP contribution in [-0.2, 0) is 0 Å². The van der Waals surface area contributed by atoms with Crippen LogP contribution in [0.15, 0.2) is 42.6 Å². The molecular weight excluding hydrogens is 478 g/mol. The zero-order valence-electron chi connectivity index (χ0n) is 10.5. The molecular formula is C15H12I2N2O. The van der Waals surface area contributed by atoms with E-state index in [-0.39, 0.29) is 12.6 Å². The molecule has 0 aliphatic heterocycles. The number of halogens is 2. The number of hydrogen-bond acceptors (Lipinski definition) is 3. The Kier molecular flexibility index (Phi) is 4.39. The first kappa shape index (κ1) is 14.4. The van der Waals surface area contributed by atoms with E-state index in [1.54, 1.807) is 0 Å². The summed E-state index contributed by atoms with van der Waals surface area (Å²) in [5.41, 5.74) is 5.27. The Bertz CT molecular complexity index is 670. The van der Waals surface area contributed by atoms with Gasteiger partial charge in [0, 0.05) is 57.5 Å². The molecule has 3 rings (SSSR count). The third kappa shape index (κ3) is 2.51. The van der Waals surface area contributed by atoms with Gasteiger partial charge in [-0.2, -0.15) is 1.33 Å². The molecule has 0 bridgehead atoms. The second-order valence-corrected chi connectivity index (χ2v) is 8.48. The molecule has 1 N–H and O–H groups in total. The first-order valence-corrected chi connectivity index (χ1v) is 8.11. The lowest BCUT2D eigenvalue weighted by Gasteiger charge is -2.22. The number of hydrogen-bond donors (Lipinski definition) is 1. The molecule has 1 aliphatic rings. The fourth-order valence-corrected chi connectivity index (χ4v) is 3.67. The van der Waals surface area contributed by atoms with E-state index in [9.17, 15) is 5.11 Å². The molecule has 5 heteroatoms. The molecule has 3 nitrogen and oxygen atoms in total. The number of rotatable bonds is 2. The average Bonchev–Trinajstić information content (AvgIpc) is 2.61. The molecule has 102 valence electrons. The van der Waals surface area contributed by atoms with Crippen molar-refractivity contribution in [3.05, 3.63) is 65.0 Å². The summed E-state index contributed by atoms with van der Waals surface area (Å²) in [6, 6.07) is 12.3. The summed E-state index contributed by atoms with van der Waals surface area (Å²) in [6.07, 6.45) is 3.87. The molecule has 1 aromatic heterocycles. The summed E-state index contributed by atoms with van der Waals surface area (Å²) in [7, 11) is 0. The Hall–Kier alpha value is -0.510. The number of nitrogens with zero attached hydrogens (tertiary/aromatic N) is 2. The fourth-order valence-electron chi connectivity index (χ4n) is 2.54. The van der Waals surface area contributed by atoms with Gasteiger partial charge in [-0.25, -0.2) is 0 Å². The highest BCUT2D eigenvalue weighted by atomic mass is 127. The van der Waals surface area contributed by atoms with Crippen molar-refractivity contribution in [3.63, 3.8) is 0 Å². The number of aliphatic hydroxyl groups excluding tert-OH is 1. The maximum atomic E-state index is 9.70. The lowest BCUT2D eigenvalue weighted by Crippen LogP contribution is -2.14. The minimum absolute atomic E-state index is 0.0161. The van der Waals surface area contributed by atoms with E-state index in [4.69, 9.17) is 0 Å². The largest absolute Gasteiger partial charge is 0.392 e. The van der Waals surface area contributed by atoms with Gasteiger partial charge in [-0.15, -0.1) is 0 Å². The van der Waals surface area contributed by atoms with Crippen molar-refractivity contribution in [1.82, 2.24) is 6.31 Å². The van der Waals surface area contributed by atoms with Gasteiger partial charge in [0.2, 0.25) is 0 Å². The molecule has 1 aromatic carbocycles. The third-order valence-corrected chi connectivity index (χ3v) is 4.54. The van der Waals surface area contributed by atoms with E-state index in [2.05, 4.69) is 70.2 Å². The van der Waals surface area contributed by atoms with Gasteiger partial charge in [0.25, 0.3) is 0 Å². The zero-order chi connectivity index (χ0) is 14.1. The number of aliphatic hydroxyl groups is 1. The molecule has 0 saturated heterocycles. The zero-order valence-corrected chi connectivity index (χ0v) is 14.8. The topological polar surface area (TPSA) is 36.4 Å². The van der Waals surface area contributed by atoms with Crippen LogP contribution in [0, 0.1) is 0 Å². The smallest absolute Gasteiger partial charge is 0.0980 e. The van der Waals surface area contributed by atoms with Crippen molar-refractivity contribution in [2.24, 2.45) is 0 Å². The van der Waals surface area contributed by atoms with E-state index in [1.165, 1.54) is 5.56 Å².